The van der Waals surface area contributed by atoms with Crippen molar-refractivity contribution in [2.75, 3.05) is 0 Å². The Balaban J connectivity index is 2.19. The van der Waals surface area contributed by atoms with Crippen molar-refractivity contribution >= 4 is 41.2 Å². The molecule has 1 aromatic heterocycles. The van der Waals surface area contributed by atoms with E-state index in [4.69, 9.17) is 35.4 Å². The summed E-state index contributed by atoms with van der Waals surface area (Å²) in [4.78, 5) is 13.3. The number of nitrogens with zero attached hydrogens (tertiary/aromatic N) is 2. The van der Waals surface area contributed by atoms with Crippen LogP contribution in [0.5, 0.6) is 0 Å². The Bertz CT molecular complexity index is 1160. The third kappa shape index (κ3) is 5.36. The Morgan fingerprint density at radius 1 is 0.875 bits per heavy atom. The molecule has 3 aromatic rings. The van der Waals surface area contributed by atoms with Crippen molar-refractivity contribution in [1.29, 1.82) is 0 Å². The molecule has 0 aliphatic rings. The van der Waals surface area contributed by atoms with Crippen molar-refractivity contribution in [2.45, 2.75) is 65.0 Å². The summed E-state index contributed by atoms with van der Waals surface area (Å²) >= 11 is 18.1. The third-order valence-electron chi connectivity index (χ3n) is 5.50. The molecule has 1 unspecified atom stereocenters. The minimum Gasteiger partial charge on any atom is -0.318 e. The van der Waals surface area contributed by atoms with Gasteiger partial charge in [0.2, 0.25) is 0 Å². The molecule has 0 saturated heterocycles. The van der Waals surface area contributed by atoms with E-state index in [-0.39, 0.29) is 22.8 Å². The summed E-state index contributed by atoms with van der Waals surface area (Å²) in [5.41, 5.74) is 2.24. The van der Waals surface area contributed by atoms with E-state index in [1.807, 2.05) is 24.3 Å². The number of benzene rings is 2. The summed E-state index contributed by atoms with van der Waals surface area (Å²) in [6, 6.07) is 14.8. The number of imidazole rings is 1. The van der Waals surface area contributed by atoms with Crippen LogP contribution in [0.25, 0.3) is 0 Å². The van der Waals surface area contributed by atoms with Gasteiger partial charge in [0, 0.05) is 50.9 Å². The molecular formula is C26H30Cl2N2OS. The summed E-state index contributed by atoms with van der Waals surface area (Å²) in [5, 5.41) is 1.27. The lowest BCUT2D eigenvalue weighted by Crippen LogP contribution is -2.27. The second-order valence-electron chi connectivity index (χ2n) is 10.1. The Morgan fingerprint density at radius 2 is 1.38 bits per heavy atom. The first-order valence-electron chi connectivity index (χ1n) is 10.7. The van der Waals surface area contributed by atoms with Crippen molar-refractivity contribution in [1.82, 2.24) is 9.13 Å². The number of rotatable bonds is 5. The first kappa shape index (κ1) is 24.8. The Labute approximate surface area is 206 Å². The average Bonchev–Trinajstić information content (AvgIpc) is 3.05. The van der Waals surface area contributed by atoms with Gasteiger partial charge in [0.05, 0.1) is 0 Å². The summed E-state index contributed by atoms with van der Waals surface area (Å²) in [7, 11) is 0. The second-order valence-corrected chi connectivity index (χ2v) is 11.4. The molecule has 170 valence electrons. The van der Waals surface area contributed by atoms with Crippen molar-refractivity contribution < 1.29 is 4.79 Å². The van der Waals surface area contributed by atoms with Gasteiger partial charge in [-0.05, 0) is 95.7 Å². The lowest BCUT2D eigenvalue weighted by molar-refractivity contribution is 0.0976. The smallest absolute Gasteiger partial charge is 0.181 e. The van der Waals surface area contributed by atoms with E-state index in [0.717, 1.165) is 16.0 Å². The highest BCUT2D eigenvalue weighted by Crippen LogP contribution is 2.35. The van der Waals surface area contributed by atoms with Crippen LogP contribution in [0.1, 0.15) is 75.5 Å². The first-order valence-corrected chi connectivity index (χ1v) is 11.8. The van der Waals surface area contributed by atoms with Gasteiger partial charge >= 0.3 is 0 Å². The van der Waals surface area contributed by atoms with Gasteiger partial charge in [-0.1, -0.05) is 35.3 Å². The zero-order chi connectivity index (χ0) is 23.8. The first-order chi connectivity index (χ1) is 14.8. The van der Waals surface area contributed by atoms with Gasteiger partial charge in [0.25, 0.3) is 0 Å². The predicted octanol–water partition coefficient (Wildman–Crippen LogP) is 8.24. The summed E-state index contributed by atoms with van der Waals surface area (Å²) in [6.07, 6.45) is 2.42. The normalized spacial score (nSPS) is 13.2. The molecule has 1 heterocycles. The molecule has 3 rings (SSSR count). The van der Waals surface area contributed by atoms with Crippen molar-refractivity contribution in [2.24, 2.45) is 0 Å². The van der Waals surface area contributed by atoms with Crippen LogP contribution < -0.4 is 0 Å². The molecule has 0 spiro atoms. The lowest BCUT2D eigenvalue weighted by Gasteiger charge is -2.28. The zero-order valence-corrected chi connectivity index (χ0v) is 21.8. The van der Waals surface area contributed by atoms with Gasteiger partial charge in [0.15, 0.2) is 10.6 Å². The van der Waals surface area contributed by atoms with Crippen LogP contribution in [0.15, 0.2) is 54.7 Å². The summed E-state index contributed by atoms with van der Waals surface area (Å²) in [5.74, 6) is -0.128. The number of ketones is 1. The quantitative estimate of drug-likeness (QED) is 0.267. The van der Waals surface area contributed by atoms with Gasteiger partial charge in [-0.25, -0.2) is 0 Å². The highest BCUT2D eigenvalue weighted by molar-refractivity contribution is 7.71. The van der Waals surface area contributed by atoms with Crippen LogP contribution in [-0.4, -0.2) is 14.9 Å². The van der Waals surface area contributed by atoms with Crippen LogP contribution in [0.2, 0.25) is 10.0 Å². The van der Waals surface area contributed by atoms with Crippen LogP contribution >= 0.6 is 35.4 Å². The predicted molar refractivity (Wildman–Crippen MR) is 137 cm³/mol. The van der Waals surface area contributed by atoms with Crippen molar-refractivity contribution in [3.8, 4) is 0 Å². The molecule has 0 aliphatic carbocycles. The molecular weight excluding hydrogens is 459 g/mol. The minimum atomic E-state index is -0.253. The van der Waals surface area contributed by atoms with E-state index in [1.165, 1.54) is 0 Å². The fraction of sp³-hybridized carbons (Fsp3) is 0.385. The van der Waals surface area contributed by atoms with Gasteiger partial charge in [-0.3, -0.25) is 4.79 Å². The topological polar surface area (TPSA) is 26.9 Å². The Hall–Kier alpha value is -1.88. The molecule has 32 heavy (non-hydrogen) atoms. The molecule has 6 heteroatoms. The molecule has 3 nitrogen and oxygen atoms in total. The SMILES string of the molecule is CC(C)(C)n1cc(C(CC(=O)c2ccc(Cl)cc2)c2ccc(Cl)cc2)n(C(C)(C)C)c1=S. The lowest BCUT2D eigenvalue weighted by atomic mass is 9.88. The highest BCUT2D eigenvalue weighted by atomic mass is 35.5. The number of carbonyl (C=O) groups excluding carboxylic acids is 1. The Kier molecular flexibility index (Phi) is 7.09. The van der Waals surface area contributed by atoms with E-state index in [1.54, 1.807) is 24.3 Å². The van der Waals surface area contributed by atoms with Gasteiger partial charge in [-0.2, -0.15) is 0 Å². The number of hydrogen-bond donors (Lipinski definition) is 0. The molecule has 0 fully saturated rings. The standard InChI is InChI=1S/C26H30Cl2N2OS/c1-25(2,3)29-16-22(30(24(29)32)26(4,5)6)21(17-7-11-19(27)12-8-17)15-23(31)18-9-13-20(28)14-10-18/h7-14,16,21H,15H2,1-6H3. The molecule has 0 bridgehead atoms. The van der Waals surface area contributed by atoms with E-state index in [9.17, 15) is 4.79 Å². The van der Waals surface area contributed by atoms with Crippen LogP contribution in [0.3, 0.4) is 0 Å². The van der Waals surface area contributed by atoms with E-state index < -0.39 is 0 Å². The fourth-order valence-electron chi connectivity index (χ4n) is 3.89. The van der Waals surface area contributed by atoms with E-state index >= 15 is 0 Å². The van der Waals surface area contributed by atoms with Crippen molar-refractivity contribution in [3.63, 3.8) is 0 Å². The average molecular weight is 490 g/mol. The maximum absolute atomic E-state index is 13.3. The molecule has 0 saturated carbocycles. The van der Waals surface area contributed by atoms with Crippen LogP contribution in [0.4, 0.5) is 0 Å². The largest absolute Gasteiger partial charge is 0.318 e. The van der Waals surface area contributed by atoms with Crippen molar-refractivity contribution in [3.05, 3.63) is 86.4 Å². The fourth-order valence-corrected chi connectivity index (χ4v) is 4.85. The number of Topliss-reactive ketones (excluding diaryl/α,β-unsaturated/α-hetero) is 1. The minimum absolute atomic E-state index is 0.0523. The number of aromatic nitrogens is 2. The number of hydrogen-bond acceptors (Lipinski definition) is 2. The Morgan fingerprint density at radius 3 is 1.84 bits per heavy atom. The van der Waals surface area contributed by atoms with Gasteiger partial charge < -0.3 is 9.13 Å². The van der Waals surface area contributed by atoms with E-state index in [0.29, 0.717) is 22.0 Å². The summed E-state index contributed by atoms with van der Waals surface area (Å²) in [6.45, 7) is 12.8. The molecule has 0 aliphatic heterocycles. The van der Waals surface area contributed by atoms with Gasteiger partial charge in [0.1, 0.15) is 0 Å². The van der Waals surface area contributed by atoms with Crippen LogP contribution in [0, 0.1) is 4.77 Å². The highest BCUT2D eigenvalue weighted by Gasteiger charge is 2.30. The zero-order valence-electron chi connectivity index (χ0n) is 19.4. The maximum atomic E-state index is 13.3. The van der Waals surface area contributed by atoms with Gasteiger partial charge in [-0.15, -0.1) is 0 Å². The van der Waals surface area contributed by atoms with E-state index in [2.05, 4.69) is 56.9 Å². The molecule has 0 amide bonds. The maximum Gasteiger partial charge on any atom is 0.181 e. The third-order valence-corrected chi connectivity index (χ3v) is 6.38. The molecule has 0 N–H and O–H groups in total. The second kappa shape index (κ2) is 9.17. The summed E-state index contributed by atoms with van der Waals surface area (Å²) < 4.78 is 5.05. The monoisotopic (exact) mass is 488 g/mol. The number of carbonyl (C=O) groups is 1. The molecule has 1 atom stereocenters. The number of halogens is 2. The molecule has 2 aromatic carbocycles. The molecule has 0 radical (unpaired) electrons. The van der Waals surface area contributed by atoms with Crippen LogP contribution in [-0.2, 0) is 11.1 Å².